The number of benzene rings is 1. The number of aromatic nitrogens is 2. The molecule has 1 atom stereocenters. The van der Waals surface area contributed by atoms with Crippen molar-refractivity contribution in [3.05, 3.63) is 28.1 Å². The van der Waals surface area contributed by atoms with Gasteiger partial charge in [-0.15, -0.1) is 12.4 Å². The van der Waals surface area contributed by atoms with Crippen molar-refractivity contribution in [3.8, 4) is 23.0 Å². The van der Waals surface area contributed by atoms with Crippen LogP contribution in [0.1, 0.15) is 11.9 Å². The number of ether oxygens (including phenoxy) is 2. The molecule has 10 nitrogen and oxygen atoms in total. The number of piperazine rings is 1. The molecule has 2 aromatic rings. The fraction of sp³-hybridized carbons (Fsp3) is 0.467. The number of likely N-dealkylation sites (N-methyl/N-ethyl adjacent to an activating group) is 1. The van der Waals surface area contributed by atoms with E-state index in [4.69, 9.17) is 14.0 Å². The van der Waals surface area contributed by atoms with Crippen LogP contribution in [0, 0.1) is 10.1 Å². The molecule has 1 saturated heterocycles. The van der Waals surface area contributed by atoms with Gasteiger partial charge in [0.25, 0.3) is 11.6 Å². The quantitative estimate of drug-likeness (QED) is 0.605. The maximum absolute atomic E-state index is 11.4. The van der Waals surface area contributed by atoms with Gasteiger partial charge in [-0.05, 0) is 7.05 Å². The zero-order valence-corrected chi connectivity index (χ0v) is 15.4. The Bertz CT molecular complexity index is 784. The molecule has 0 spiro atoms. The van der Waals surface area contributed by atoms with E-state index in [1.807, 2.05) is 7.05 Å². The molecule has 142 valence electrons. The van der Waals surface area contributed by atoms with Gasteiger partial charge in [-0.25, -0.2) is 0 Å². The summed E-state index contributed by atoms with van der Waals surface area (Å²) in [6, 6.07) is 2.70. The lowest BCUT2D eigenvalue weighted by Crippen LogP contribution is -2.44. The lowest BCUT2D eigenvalue weighted by atomic mass is 10.1. The van der Waals surface area contributed by atoms with Crippen LogP contribution in [0.15, 0.2) is 16.7 Å². The Morgan fingerprint density at radius 3 is 2.65 bits per heavy atom. The molecule has 3 rings (SSSR count). The fourth-order valence-electron chi connectivity index (χ4n) is 2.76. The van der Waals surface area contributed by atoms with Gasteiger partial charge in [-0.3, -0.25) is 15.0 Å². The van der Waals surface area contributed by atoms with Gasteiger partial charge < -0.3 is 19.3 Å². The van der Waals surface area contributed by atoms with E-state index < -0.39 is 4.92 Å². The minimum atomic E-state index is -0.518. The van der Waals surface area contributed by atoms with Crippen LogP contribution >= 0.6 is 12.4 Å². The van der Waals surface area contributed by atoms with E-state index in [1.165, 1.54) is 26.4 Å². The second-order valence-corrected chi connectivity index (χ2v) is 5.64. The summed E-state index contributed by atoms with van der Waals surface area (Å²) in [7, 11) is 4.84. The van der Waals surface area contributed by atoms with Crippen LogP contribution < -0.4 is 14.8 Å². The van der Waals surface area contributed by atoms with Crippen LogP contribution in [-0.2, 0) is 0 Å². The minimum absolute atomic E-state index is 0. The summed E-state index contributed by atoms with van der Waals surface area (Å²) in [5.41, 5.74) is -0.00389. The number of rotatable bonds is 5. The van der Waals surface area contributed by atoms with E-state index in [1.54, 1.807) is 0 Å². The Balaban J connectivity index is 0.00000243. The first-order chi connectivity index (χ1) is 12.0. The third-order valence-electron chi connectivity index (χ3n) is 4.18. The van der Waals surface area contributed by atoms with E-state index in [2.05, 4.69) is 20.4 Å². The van der Waals surface area contributed by atoms with E-state index in [0.29, 0.717) is 18.1 Å². The Morgan fingerprint density at radius 2 is 2.04 bits per heavy atom. The van der Waals surface area contributed by atoms with Crippen LogP contribution in [0.4, 0.5) is 5.69 Å². The average Bonchev–Trinajstić information content (AvgIpc) is 3.10. The highest BCUT2D eigenvalue weighted by molar-refractivity contribution is 5.85. The highest BCUT2D eigenvalue weighted by atomic mass is 35.5. The first-order valence-electron chi connectivity index (χ1n) is 7.70. The molecule has 0 amide bonds. The summed E-state index contributed by atoms with van der Waals surface area (Å²) < 4.78 is 15.6. The molecule has 1 aliphatic rings. The number of nitrogens with one attached hydrogen (secondary N) is 1. The Hall–Kier alpha value is -2.43. The molecule has 0 aliphatic carbocycles. The molecule has 0 radical (unpaired) electrons. The van der Waals surface area contributed by atoms with Crippen LogP contribution in [0.2, 0.25) is 0 Å². The van der Waals surface area contributed by atoms with Gasteiger partial charge in [0.2, 0.25) is 0 Å². The largest absolute Gasteiger partial charge is 0.493 e. The molecule has 11 heteroatoms. The van der Waals surface area contributed by atoms with Gasteiger partial charge in [0.1, 0.15) is 5.56 Å². The lowest BCUT2D eigenvalue weighted by Gasteiger charge is -2.30. The van der Waals surface area contributed by atoms with Gasteiger partial charge in [0.15, 0.2) is 17.3 Å². The van der Waals surface area contributed by atoms with Crippen molar-refractivity contribution in [3.63, 3.8) is 0 Å². The number of hydrogen-bond donors (Lipinski definition) is 1. The smallest absolute Gasteiger partial charge is 0.286 e. The van der Waals surface area contributed by atoms with Crippen molar-refractivity contribution >= 4 is 18.1 Å². The molecule has 1 aromatic carbocycles. The standard InChI is InChI=1S/C15H19N5O5.ClH/c1-19-5-4-16-8-11(19)14-17-15(25-18-14)9-6-12(23-2)13(24-3)7-10(9)20(21)22;/h6-7,11,16H,4-5,8H2,1-3H3;1H. The second kappa shape index (κ2) is 8.30. The Morgan fingerprint density at radius 1 is 1.35 bits per heavy atom. The first-order valence-corrected chi connectivity index (χ1v) is 7.70. The fourth-order valence-corrected chi connectivity index (χ4v) is 2.76. The molecule has 0 bridgehead atoms. The lowest BCUT2D eigenvalue weighted by molar-refractivity contribution is -0.384. The molecule has 1 aromatic heterocycles. The van der Waals surface area contributed by atoms with Gasteiger partial charge >= 0.3 is 0 Å². The topological polar surface area (TPSA) is 116 Å². The van der Waals surface area contributed by atoms with Crippen molar-refractivity contribution < 1.29 is 18.9 Å². The number of hydrogen-bond acceptors (Lipinski definition) is 9. The van der Waals surface area contributed by atoms with Crippen LogP contribution in [0.25, 0.3) is 11.5 Å². The summed E-state index contributed by atoms with van der Waals surface area (Å²) >= 11 is 0. The van der Waals surface area contributed by atoms with Crippen LogP contribution in [-0.4, -0.2) is 60.9 Å². The van der Waals surface area contributed by atoms with Gasteiger partial charge in [0.05, 0.1) is 31.3 Å². The van der Waals surface area contributed by atoms with E-state index in [9.17, 15) is 10.1 Å². The molecule has 1 unspecified atom stereocenters. The number of halogens is 1. The van der Waals surface area contributed by atoms with E-state index in [0.717, 1.165) is 13.1 Å². The van der Waals surface area contributed by atoms with E-state index >= 15 is 0 Å². The SMILES string of the molecule is COc1cc(-c2nc(C3CNCCN3C)no2)c([N+](=O)[O-])cc1OC.Cl. The van der Waals surface area contributed by atoms with E-state index in [-0.39, 0.29) is 41.3 Å². The molecule has 2 heterocycles. The summed E-state index contributed by atoms with van der Waals surface area (Å²) in [6.07, 6.45) is 0. The molecule has 1 N–H and O–H groups in total. The monoisotopic (exact) mass is 385 g/mol. The average molecular weight is 386 g/mol. The zero-order valence-electron chi connectivity index (χ0n) is 14.6. The Kier molecular flexibility index (Phi) is 6.35. The number of nitrogens with zero attached hydrogens (tertiary/aromatic N) is 4. The molecule has 0 saturated carbocycles. The molecule has 1 aliphatic heterocycles. The normalized spacial score (nSPS) is 17.4. The van der Waals surface area contributed by atoms with Gasteiger partial charge in [0, 0.05) is 25.7 Å². The molecular weight excluding hydrogens is 366 g/mol. The molecule has 1 fully saturated rings. The molecule has 26 heavy (non-hydrogen) atoms. The zero-order chi connectivity index (χ0) is 18.0. The summed E-state index contributed by atoms with van der Waals surface area (Å²) in [4.78, 5) is 17.4. The predicted octanol–water partition coefficient (Wildman–Crippen LogP) is 1.66. The van der Waals surface area contributed by atoms with Crippen LogP contribution in [0.5, 0.6) is 11.5 Å². The predicted molar refractivity (Wildman–Crippen MR) is 95.0 cm³/mol. The number of nitro benzene ring substituents is 1. The van der Waals surface area contributed by atoms with Crippen molar-refractivity contribution in [2.75, 3.05) is 40.9 Å². The number of nitro groups is 1. The minimum Gasteiger partial charge on any atom is -0.493 e. The molecular formula is C15H20ClN5O5. The Labute approximate surface area is 156 Å². The van der Waals surface area contributed by atoms with Crippen molar-refractivity contribution in [2.24, 2.45) is 0 Å². The third-order valence-corrected chi connectivity index (χ3v) is 4.18. The summed E-state index contributed by atoms with van der Waals surface area (Å²) in [5, 5.41) is 18.7. The highest BCUT2D eigenvalue weighted by Gasteiger charge is 2.29. The third kappa shape index (κ3) is 3.71. The highest BCUT2D eigenvalue weighted by Crippen LogP contribution is 2.39. The maximum Gasteiger partial charge on any atom is 0.286 e. The van der Waals surface area contributed by atoms with Crippen molar-refractivity contribution in [1.82, 2.24) is 20.4 Å². The summed E-state index contributed by atoms with van der Waals surface area (Å²) in [6.45, 7) is 2.42. The van der Waals surface area contributed by atoms with Crippen LogP contribution in [0.3, 0.4) is 0 Å². The first kappa shape index (κ1) is 19.9. The van der Waals surface area contributed by atoms with Crippen molar-refractivity contribution in [1.29, 1.82) is 0 Å². The second-order valence-electron chi connectivity index (χ2n) is 5.64. The van der Waals surface area contributed by atoms with Gasteiger partial charge in [-0.1, -0.05) is 5.16 Å². The van der Waals surface area contributed by atoms with Gasteiger partial charge in [-0.2, -0.15) is 4.98 Å². The maximum atomic E-state index is 11.4. The van der Waals surface area contributed by atoms with Crippen molar-refractivity contribution in [2.45, 2.75) is 6.04 Å². The number of methoxy groups -OCH3 is 2. The summed E-state index contributed by atoms with van der Waals surface area (Å²) in [5.74, 6) is 1.16.